The summed E-state index contributed by atoms with van der Waals surface area (Å²) in [6.07, 6.45) is 0. The van der Waals surface area contributed by atoms with Crippen LogP contribution in [0.15, 0.2) is 18.2 Å². The van der Waals surface area contributed by atoms with E-state index in [-0.39, 0.29) is 5.56 Å². The van der Waals surface area contributed by atoms with Crippen molar-refractivity contribution in [2.45, 2.75) is 12.2 Å². The highest BCUT2D eigenvalue weighted by Gasteiger charge is 2.22. The zero-order chi connectivity index (χ0) is 10.9. The third-order valence-electron chi connectivity index (χ3n) is 1.82. The maximum Gasteiger partial charge on any atom is 0.239 e. The first-order chi connectivity index (χ1) is 6.32. The summed E-state index contributed by atoms with van der Waals surface area (Å²) < 4.78 is 47.3. The standard InChI is InChI=1S/C8H7ClF2O2S/c1-5(14(9,12)13)7-3-2-6(10)4-8(7)11/h2-5H,1H3/t5-/m0/s1. The van der Waals surface area contributed by atoms with E-state index in [4.69, 9.17) is 10.7 Å². The van der Waals surface area contributed by atoms with Gasteiger partial charge in [0, 0.05) is 22.3 Å². The number of halogens is 3. The van der Waals surface area contributed by atoms with Gasteiger partial charge < -0.3 is 0 Å². The van der Waals surface area contributed by atoms with E-state index in [0.717, 1.165) is 12.1 Å². The molecule has 6 heteroatoms. The molecule has 0 bridgehead atoms. The van der Waals surface area contributed by atoms with Gasteiger partial charge in [-0.2, -0.15) is 0 Å². The van der Waals surface area contributed by atoms with Crippen molar-refractivity contribution in [2.24, 2.45) is 0 Å². The molecule has 0 heterocycles. The van der Waals surface area contributed by atoms with Crippen LogP contribution in [0.1, 0.15) is 17.7 Å². The van der Waals surface area contributed by atoms with E-state index in [1.165, 1.54) is 6.92 Å². The highest BCUT2D eigenvalue weighted by Crippen LogP contribution is 2.27. The first-order valence-electron chi connectivity index (χ1n) is 3.71. The molecule has 0 aromatic heterocycles. The Morgan fingerprint density at radius 2 is 1.93 bits per heavy atom. The van der Waals surface area contributed by atoms with Gasteiger partial charge in [0.1, 0.15) is 16.9 Å². The quantitative estimate of drug-likeness (QED) is 0.745. The molecule has 0 saturated heterocycles. The van der Waals surface area contributed by atoms with E-state index in [2.05, 4.69) is 0 Å². The van der Waals surface area contributed by atoms with Crippen molar-refractivity contribution in [1.29, 1.82) is 0 Å². The molecule has 0 spiro atoms. The highest BCUT2D eigenvalue weighted by atomic mass is 35.7. The van der Waals surface area contributed by atoms with Gasteiger partial charge in [0.25, 0.3) is 0 Å². The van der Waals surface area contributed by atoms with E-state index in [1.807, 2.05) is 0 Å². The predicted octanol–water partition coefficient (Wildman–Crippen LogP) is 2.59. The fraction of sp³-hybridized carbons (Fsp3) is 0.250. The van der Waals surface area contributed by atoms with Crippen LogP contribution in [0.3, 0.4) is 0 Å². The summed E-state index contributed by atoms with van der Waals surface area (Å²) in [6, 6.07) is 2.67. The van der Waals surface area contributed by atoms with Crippen LogP contribution in [0.2, 0.25) is 0 Å². The van der Waals surface area contributed by atoms with Crippen LogP contribution >= 0.6 is 10.7 Å². The molecule has 0 aliphatic heterocycles. The minimum absolute atomic E-state index is 0.138. The SMILES string of the molecule is C[C@@H](c1ccc(F)cc1F)S(=O)(=O)Cl. The second-order valence-corrected chi connectivity index (χ2v) is 5.73. The summed E-state index contributed by atoms with van der Waals surface area (Å²) in [5, 5.41) is -1.19. The number of hydrogen-bond acceptors (Lipinski definition) is 2. The Morgan fingerprint density at radius 3 is 2.36 bits per heavy atom. The Bertz CT molecular complexity index is 445. The van der Waals surface area contributed by atoms with Crippen LogP contribution in [0, 0.1) is 11.6 Å². The molecule has 0 unspecified atom stereocenters. The highest BCUT2D eigenvalue weighted by molar-refractivity contribution is 8.13. The maximum atomic E-state index is 13.1. The molecular formula is C8H7ClF2O2S. The largest absolute Gasteiger partial charge is 0.239 e. The number of benzene rings is 1. The van der Waals surface area contributed by atoms with Crippen LogP contribution in [-0.4, -0.2) is 8.42 Å². The normalized spacial score (nSPS) is 14.0. The molecule has 2 nitrogen and oxygen atoms in total. The summed E-state index contributed by atoms with van der Waals surface area (Å²) in [7, 11) is 1.16. The fourth-order valence-corrected chi connectivity index (χ4v) is 1.77. The van der Waals surface area contributed by atoms with E-state index in [1.54, 1.807) is 0 Å². The molecular weight excluding hydrogens is 234 g/mol. The second-order valence-electron chi connectivity index (χ2n) is 2.78. The lowest BCUT2D eigenvalue weighted by Crippen LogP contribution is -2.05. The van der Waals surface area contributed by atoms with Gasteiger partial charge in [0.2, 0.25) is 9.05 Å². The summed E-state index contributed by atoms with van der Waals surface area (Å²) in [5.74, 6) is -1.67. The van der Waals surface area contributed by atoms with Crippen LogP contribution in [0.25, 0.3) is 0 Å². The van der Waals surface area contributed by atoms with Crippen molar-refractivity contribution >= 4 is 19.7 Å². The minimum atomic E-state index is -3.88. The predicted molar refractivity (Wildman–Crippen MR) is 49.5 cm³/mol. The van der Waals surface area contributed by atoms with Crippen molar-refractivity contribution in [2.75, 3.05) is 0 Å². The lowest BCUT2D eigenvalue weighted by Gasteiger charge is -2.08. The van der Waals surface area contributed by atoms with E-state index in [0.29, 0.717) is 6.07 Å². The summed E-state index contributed by atoms with van der Waals surface area (Å²) >= 11 is 0. The molecule has 0 N–H and O–H groups in total. The Labute approximate surface area is 84.9 Å². The number of rotatable bonds is 2. The zero-order valence-corrected chi connectivity index (χ0v) is 8.74. The van der Waals surface area contributed by atoms with Gasteiger partial charge in [-0.05, 0) is 13.0 Å². The van der Waals surface area contributed by atoms with Crippen LogP contribution in [0.5, 0.6) is 0 Å². The lowest BCUT2D eigenvalue weighted by atomic mass is 10.1. The third kappa shape index (κ3) is 2.42. The fourth-order valence-electron chi connectivity index (χ4n) is 0.983. The van der Waals surface area contributed by atoms with Gasteiger partial charge in [-0.1, -0.05) is 6.07 Å². The molecule has 0 saturated carbocycles. The van der Waals surface area contributed by atoms with Gasteiger partial charge in [0.05, 0.1) is 0 Å². The van der Waals surface area contributed by atoms with Crippen molar-refractivity contribution < 1.29 is 17.2 Å². The molecule has 0 amide bonds. The molecule has 1 atom stereocenters. The van der Waals surface area contributed by atoms with Crippen molar-refractivity contribution in [3.05, 3.63) is 35.4 Å². The number of hydrogen-bond donors (Lipinski definition) is 0. The van der Waals surface area contributed by atoms with Crippen molar-refractivity contribution in [3.8, 4) is 0 Å². The van der Waals surface area contributed by atoms with Gasteiger partial charge in [-0.15, -0.1) is 0 Å². The summed E-state index contributed by atoms with van der Waals surface area (Å²) in [6.45, 7) is 1.23. The Morgan fingerprint density at radius 1 is 1.36 bits per heavy atom. The molecule has 1 aromatic carbocycles. The minimum Gasteiger partial charge on any atom is -0.212 e. The van der Waals surface area contributed by atoms with Crippen LogP contribution < -0.4 is 0 Å². The van der Waals surface area contributed by atoms with E-state index >= 15 is 0 Å². The summed E-state index contributed by atoms with van der Waals surface area (Å²) in [4.78, 5) is 0. The zero-order valence-electron chi connectivity index (χ0n) is 7.17. The monoisotopic (exact) mass is 240 g/mol. The molecule has 0 fully saturated rings. The van der Waals surface area contributed by atoms with Gasteiger partial charge in [0.15, 0.2) is 0 Å². The van der Waals surface area contributed by atoms with E-state index in [9.17, 15) is 17.2 Å². The lowest BCUT2D eigenvalue weighted by molar-refractivity contribution is 0.564. The Hall–Kier alpha value is -0.680. The topological polar surface area (TPSA) is 34.1 Å². The average Bonchev–Trinajstić information content (AvgIpc) is 2.01. The third-order valence-corrected chi connectivity index (χ3v) is 3.72. The molecule has 0 aliphatic rings. The molecule has 78 valence electrons. The molecule has 1 aromatic rings. The van der Waals surface area contributed by atoms with Crippen molar-refractivity contribution in [3.63, 3.8) is 0 Å². The van der Waals surface area contributed by atoms with E-state index < -0.39 is 25.9 Å². The average molecular weight is 241 g/mol. The summed E-state index contributed by atoms with van der Waals surface area (Å²) in [5.41, 5.74) is -0.138. The van der Waals surface area contributed by atoms with Crippen LogP contribution in [0.4, 0.5) is 8.78 Å². The Balaban J connectivity index is 3.21. The van der Waals surface area contributed by atoms with Gasteiger partial charge >= 0.3 is 0 Å². The van der Waals surface area contributed by atoms with Crippen LogP contribution in [-0.2, 0) is 9.05 Å². The van der Waals surface area contributed by atoms with Gasteiger partial charge in [-0.25, -0.2) is 17.2 Å². The van der Waals surface area contributed by atoms with Gasteiger partial charge in [-0.3, -0.25) is 0 Å². The first-order valence-corrected chi connectivity index (χ1v) is 6.08. The smallest absolute Gasteiger partial charge is 0.212 e. The molecule has 14 heavy (non-hydrogen) atoms. The maximum absolute atomic E-state index is 13.1. The molecule has 1 rings (SSSR count). The first kappa shape index (κ1) is 11.4. The molecule has 0 radical (unpaired) electrons. The second kappa shape index (κ2) is 3.82. The van der Waals surface area contributed by atoms with Crippen molar-refractivity contribution in [1.82, 2.24) is 0 Å². The molecule has 0 aliphatic carbocycles. The Kier molecular flexibility index (Phi) is 3.11.